The van der Waals surface area contributed by atoms with Crippen LogP contribution in [0.1, 0.15) is 37.0 Å². The quantitative estimate of drug-likeness (QED) is 0.688. The third kappa shape index (κ3) is 5.80. The summed E-state index contributed by atoms with van der Waals surface area (Å²) in [4.78, 5) is 12.1. The number of hydrogen-bond acceptors (Lipinski definition) is 3. The summed E-state index contributed by atoms with van der Waals surface area (Å²) in [6.07, 6.45) is 2.16. The second-order valence-corrected chi connectivity index (χ2v) is 4.88. The van der Waals surface area contributed by atoms with Gasteiger partial charge in [0.1, 0.15) is 0 Å². The molecule has 4 nitrogen and oxygen atoms in total. The molecule has 0 heterocycles. The zero-order valence-corrected chi connectivity index (χ0v) is 12.9. The summed E-state index contributed by atoms with van der Waals surface area (Å²) in [5, 5.41) is 6.54. The van der Waals surface area contributed by atoms with E-state index in [4.69, 9.17) is 16.3 Å². The summed E-state index contributed by atoms with van der Waals surface area (Å²) in [7, 11) is 0. The Hall–Kier alpha value is -1.26. The molecule has 1 aromatic rings. The third-order valence-electron chi connectivity index (χ3n) is 2.77. The van der Waals surface area contributed by atoms with Crippen molar-refractivity contribution in [2.24, 2.45) is 0 Å². The number of ether oxygens (including phenoxy) is 1. The van der Waals surface area contributed by atoms with Gasteiger partial charge in [0.05, 0.1) is 12.2 Å². The first-order valence-electron chi connectivity index (χ1n) is 7.08. The molecule has 0 saturated carbocycles. The Balaban J connectivity index is 2.47. The molecule has 0 aliphatic rings. The lowest BCUT2D eigenvalue weighted by molar-refractivity contribution is 0.0913. The van der Waals surface area contributed by atoms with Crippen molar-refractivity contribution in [2.45, 2.75) is 26.7 Å². The van der Waals surface area contributed by atoms with Crippen LogP contribution >= 0.6 is 11.6 Å². The smallest absolute Gasteiger partial charge is 0.253 e. The molecular formula is C15H23ClN2O2. The number of benzene rings is 1. The number of hydrogen-bond donors (Lipinski definition) is 2. The van der Waals surface area contributed by atoms with Crippen LogP contribution in [-0.4, -0.2) is 32.2 Å². The summed E-state index contributed by atoms with van der Waals surface area (Å²) in [5.74, 6) is -0.137. The van der Waals surface area contributed by atoms with Gasteiger partial charge in [-0.15, -0.1) is 0 Å². The molecule has 0 bridgehead atoms. The molecular weight excluding hydrogens is 276 g/mol. The van der Waals surface area contributed by atoms with Gasteiger partial charge in [0, 0.05) is 30.4 Å². The molecule has 0 fully saturated rings. The van der Waals surface area contributed by atoms with Crippen molar-refractivity contribution in [2.75, 3.05) is 31.6 Å². The molecule has 5 heteroatoms. The van der Waals surface area contributed by atoms with E-state index < -0.39 is 0 Å². The van der Waals surface area contributed by atoms with Crippen LogP contribution in [-0.2, 0) is 4.74 Å². The van der Waals surface area contributed by atoms with E-state index in [1.54, 1.807) is 12.1 Å². The summed E-state index contributed by atoms with van der Waals surface area (Å²) < 4.78 is 5.41. The highest BCUT2D eigenvalue weighted by Gasteiger charge is 2.11. The van der Waals surface area contributed by atoms with Crippen LogP contribution in [0.2, 0.25) is 5.02 Å². The van der Waals surface area contributed by atoms with Crippen LogP contribution in [0.5, 0.6) is 0 Å². The number of unbranched alkanes of at least 4 members (excludes halogenated alkanes) is 1. The SMILES string of the molecule is CCCCOCCNC(=O)c1cc(Cl)ccc1NCC. The van der Waals surface area contributed by atoms with Gasteiger partial charge in [0.25, 0.3) is 5.91 Å². The molecule has 0 aromatic heterocycles. The minimum absolute atomic E-state index is 0.137. The lowest BCUT2D eigenvalue weighted by Crippen LogP contribution is -2.28. The largest absolute Gasteiger partial charge is 0.385 e. The van der Waals surface area contributed by atoms with Gasteiger partial charge in [-0.1, -0.05) is 24.9 Å². The molecule has 1 amide bonds. The molecule has 0 saturated heterocycles. The first kappa shape index (κ1) is 16.8. The van der Waals surface area contributed by atoms with Gasteiger partial charge in [0.15, 0.2) is 0 Å². The van der Waals surface area contributed by atoms with E-state index in [1.807, 2.05) is 13.0 Å². The van der Waals surface area contributed by atoms with E-state index in [0.29, 0.717) is 23.7 Å². The molecule has 1 aromatic carbocycles. The number of anilines is 1. The Morgan fingerprint density at radius 2 is 2.10 bits per heavy atom. The van der Waals surface area contributed by atoms with E-state index in [-0.39, 0.29) is 5.91 Å². The van der Waals surface area contributed by atoms with Gasteiger partial charge >= 0.3 is 0 Å². The van der Waals surface area contributed by atoms with Crippen LogP contribution in [0.25, 0.3) is 0 Å². The summed E-state index contributed by atoms with van der Waals surface area (Å²) >= 11 is 5.95. The number of amides is 1. The molecule has 20 heavy (non-hydrogen) atoms. The van der Waals surface area contributed by atoms with Crippen molar-refractivity contribution in [1.82, 2.24) is 5.32 Å². The predicted molar refractivity (Wildman–Crippen MR) is 83.7 cm³/mol. The van der Waals surface area contributed by atoms with Gasteiger partial charge in [0.2, 0.25) is 0 Å². The standard InChI is InChI=1S/C15H23ClN2O2/c1-3-5-9-20-10-8-18-15(19)13-11-12(16)6-7-14(13)17-4-2/h6-7,11,17H,3-5,8-10H2,1-2H3,(H,18,19). The topological polar surface area (TPSA) is 50.4 Å². The molecule has 0 unspecified atom stereocenters. The van der Waals surface area contributed by atoms with Crippen LogP contribution in [0.4, 0.5) is 5.69 Å². The fourth-order valence-corrected chi connectivity index (χ4v) is 1.90. The van der Waals surface area contributed by atoms with Crippen molar-refractivity contribution in [1.29, 1.82) is 0 Å². The predicted octanol–water partition coefficient (Wildman–Crippen LogP) is 3.32. The van der Waals surface area contributed by atoms with Gasteiger partial charge < -0.3 is 15.4 Å². The zero-order chi connectivity index (χ0) is 14.8. The van der Waals surface area contributed by atoms with E-state index in [9.17, 15) is 4.79 Å². The monoisotopic (exact) mass is 298 g/mol. The number of nitrogens with one attached hydrogen (secondary N) is 2. The Labute approximate surface area is 125 Å². The summed E-state index contributed by atoms with van der Waals surface area (Å²) in [6, 6.07) is 5.26. The van der Waals surface area contributed by atoms with Crippen molar-refractivity contribution < 1.29 is 9.53 Å². The first-order valence-corrected chi connectivity index (χ1v) is 7.46. The van der Waals surface area contributed by atoms with Gasteiger partial charge in [-0.3, -0.25) is 4.79 Å². The van der Waals surface area contributed by atoms with Crippen molar-refractivity contribution >= 4 is 23.2 Å². The van der Waals surface area contributed by atoms with Gasteiger partial charge in [-0.2, -0.15) is 0 Å². The first-order chi connectivity index (χ1) is 9.69. The van der Waals surface area contributed by atoms with E-state index in [0.717, 1.165) is 31.7 Å². The molecule has 0 aliphatic carbocycles. The molecule has 0 radical (unpaired) electrons. The Kier molecular flexibility index (Phi) is 8.07. The van der Waals surface area contributed by atoms with Crippen LogP contribution in [0.15, 0.2) is 18.2 Å². The Morgan fingerprint density at radius 3 is 2.80 bits per heavy atom. The summed E-state index contributed by atoms with van der Waals surface area (Å²) in [6.45, 7) is 6.63. The highest BCUT2D eigenvalue weighted by molar-refractivity contribution is 6.31. The molecule has 112 valence electrons. The lowest BCUT2D eigenvalue weighted by atomic mass is 10.1. The highest BCUT2D eigenvalue weighted by Crippen LogP contribution is 2.20. The molecule has 0 aliphatic heterocycles. The number of halogens is 1. The molecule has 1 rings (SSSR count). The van der Waals surface area contributed by atoms with Crippen LogP contribution in [0.3, 0.4) is 0 Å². The van der Waals surface area contributed by atoms with Gasteiger partial charge in [-0.05, 0) is 31.5 Å². The fourth-order valence-electron chi connectivity index (χ4n) is 1.73. The Bertz CT molecular complexity index is 424. The highest BCUT2D eigenvalue weighted by atomic mass is 35.5. The zero-order valence-electron chi connectivity index (χ0n) is 12.2. The average molecular weight is 299 g/mol. The molecule has 0 spiro atoms. The minimum Gasteiger partial charge on any atom is -0.385 e. The van der Waals surface area contributed by atoms with E-state index in [1.165, 1.54) is 0 Å². The average Bonchev–Trinajstić information content (AvgIpc) is 2.44. The van der Waals surface area contributed by atoms with E-state index in [2.05, 4.69) is 17.6 Å². The van der Waals surface area contributed by atoms with Crippen molar-refractivity contribution in [3.63, 3.8) is 0 Å². The maximum atomic E-state index is 12.1. The lowest BCUT2D eigenvalue weighted by Gasteiger charge is -2.11. The number of carbonyl (C=O) groups excluding carboxylic acids is 1. The molecule has 2 N–H and O–H groups in total. The normalized spacial score (nSPS) is 10.3. The van der Waals surface area contributed by atoms with Crippen LogP contribution < -0.4 is 10.6 Å². The number of carbonyl (C=O) groups is 1. The van der Waals surface area contributed by atoms with Crippen molar-refractivity contribution in [3.8, 4) is 0 Å². The second-order valence-electron chi connectivity index (χ2n) is 4.44. The minimum atomic E-state index is -0.137. The van der Waals surface area contributed by atoms with Crippen LogP contribution in [0, 0.1) is 0 Å². The molecule has 0 atom stereocenters. The van der Waals surface area contributed by atoms with Gasteiger partial charge in [-0.25, -0.2) is 0 Å². The van der Waals surface area contributed by atoms with Crippen molar-refractivity contribution in [3.05, 3.63) is 28.8 Å². The van der Waals surface area contributed by atoms with E-state index >= 15 is 0 Å². The second kappa shape index (κ2) is 9.61. The maximum absolute atomic E-state index is 12.1. The Morgan fingerprint density at radius 1 is 1.30 bits per heavy atom. The fraction of sp³-hybridized carbons (Fsp3) is 0.533. The maximum Gasteiger partial charge on any atom is 0.253 e. The summed E-state index contributed by atoms with van der Waals surface area (Å²) in [5.41, 5.74) is 1.36. The number of rotatable bonds is 9. The third-order valence-corrected chi connectivity index (χ3v) is 3.00.